The zero-order valence-corrected chi connectivity index (χ0v) is 18.9. The highest BCUT2D eigenvalue weighted by Crippen LogP contribution is 2.26. The number of amides is 1. The summed E-state index contributed by atoms with van der Waals surface area (Å²) in [6, 6.07) is 9.75. The van der Waals surface area contributed by atoms with Crippen LogP contribution in [-0.2, 0) is 20.5 Å². The zero-order chi connectivity index (χ0) is 22.8. The molecule has 3 heterocycles. The Hall–Kier alpha value is -3.59. The second-order valence-corrected chi connectivity index (χ2v) is 8.45. The van der Waals surface area contributed by atoms with E-state index in [1.807, 2.05) is 17.5 Å². The van der Waals surface area contributed by atoms with Crippen LogP contribution in [-0.4, -0.2) is 25.0 Å². The van der Waals surface area contributed by atoms with Crippen LogP contribution in [0.1, 0.15) is 35.7 Å². The third kappa shape index (κ3) is 4.11. The van der Waals surface area contributed by atoms with Gasteiger partial charge in [0.2, 0.25) is 0 Å². The number of pyridine rings is 1. The van der Waals surface area contributed by atoms with E-state index < -0.39 is 17.2 Å². The Balaban J connectivity index is 1.55. The van der Waals surface area contributed by atoms with Crippen molar-refractivity contribution in [3.63, 3.8) is 0 Å². The predicted octanol–water partition coefficient (Wildman–Crippen LogP) is 3.35. The summed E-state index contributed by atoms with van der Waals surface area (Å²) in [4.78, 5) is 45.9. The molecular weight excluding hydrogens is 426 g/mol. The van der Waals surface area contributed by atoms with Crippen LogP contribution >= 0.6 is 11.3 Å². The van der Waals surface area contributed by atoms with Crippen molar-refractivity contribution in [2.75, 3.05) is 5.32 Å². The van der Waals surface area contributed by atoms with Crippen LogP contribution in [0, 0.1) is 0 Å². The van der Waals surface area contributed by atoms with Gasteiger partial charge in [-0.15, -0.1) is 11.3 Å². The monoisotopic (exact) mass is 449 g/mol. The van der Waals surface area contributed by atoms with Gasteiger partial charge in [0.05, 0.1) is 16.6 Å². The first-order valence-corrected chi connectivity index (χ1v) is 11.2. The van der Waals surface area contributed by atoms with Crippen LogP contribution in [0.25, 0.3) is 22.3 Å². The third-order valence-corrected chi connectivity index (χ3v) is 6.11. The number of aromatic nitrogens is 4. The van der Waals surface area contributed by atoms with Crippen molar-refractivity contribution in [1.82, 2.24) is 19.1 Å². The molecular formula is C23H23N5O3S. The normalized spacial score (nSPS) is 11.1. The average molecular weight is 450 g/mol. The Kier molecular flexibility index (Phi) is 6.00. The summed E-state index contributed by atoms with van der Waals surface area (Å²) in [6.07, 6.45) is 4.74. The highest BCUT2D eigenvalue weighted by molar-refractivity contribution is 7.14. The van der Waals surface area contributed by atoms with Gasteiger partial charge in [0.1, 0.15) is 5.65 Å². The van der Waals surface area contributed by atoms with Gasteiger partial charge in [-0.05, 0) is 24.5 Å². The molecule has 0 bridgehead atoms. The standard InChI is InChI=1S/C23H23N5O3S/c1-4-5-6-14-7-9-15(10-8-14)18-13-32-22(25-18)26-20(29)16-11-17-19(24-12-16)27(2)23(31)28(3)21(17)30/h7-13H,4-6H2,1-3H3,(H,25,26,29). The molecule has 164 valence electrons. The summed E-state index contributed by atoms with van der Waals surface area (Å²) in [5, 5.41) is 5.30. The number of nitrogens with zero attached hydrogens (tertiary/aromatic N) is 4. The molecule has 0 aliphatic rings. The van der Waals surface area contributed by atoms with Gasteiger partial charge in [0.15, 0.2) is 5.13 Å². The predicted molar refractivity (Wildman–Crippen MR) is 126 cm³/mol. The number of fused-ring (bicyclic) bond motifs is 1. The van der Waals surface area contributed by atoms with Crippen molar-refractivity contribution < 1.29 is 4.79 Å². The summed E-state index contributed by atoms with van der Waals surface area (Å²) in [6.45, 7) is 2.18. The van der Waals surface area contributed by atoms with Gasteiger partial charge in [-0.1, -0.05) is 37.6 Å². The lowest BCUT2D eigenvalue weighted by Crippen LogP contribution is -2.37. The van der Waals surface area contributed by atoms with Crippen LogP contribution in [0.4, 0.5) is 5.13 Å². The van der Waals surface area contributed by atoms with Crippen LogP contribution in [0.15, 0.2) is 51.5 Å². The summed E-state index contributed by atoms with van der Waals surface area (Å²) in [5.74, 6) is -0.425. The fourth-order valence-corrected chi connectivity index (χ4v) is 4.16. The molecule has 1 N–H and O–H groups in total. The maximum absolute atomic E-state index is 12.7. The minimum Gasteiger partial charge on any atom is -0.298 e. The molecule has 0 saturated heterocycles. The highest BCUT2D eigenvalue weighted by Gasteiger charge is 2.15. The van der Waals surface area contributed by atoms with E-state index in [0.717, 1.165) is 35.1 Å². The number of carbonyl (C=O) groups is 1. The molecule has 0 radical (unpaired) electrons. The molecule has 1 amide bonds. The fraction of sp³-hybridized carbons (Fsp3) is 0.261. The second kappa shape index (κ2) is 8.88. The molecule has 0 atom stereocenters. The molecule has 0 aliphatic carbocycles. The van der Waals surface area contributed by atoms with Crippen LogP contribution in [0.5, 0.6) is 0 Å². The molecule has 1 aromatic carbocycles. The smallest absolute Gasteiger partial charge is 0.298 e. The van der Waals surface area contributed by atoms with Crippen molar-refractivity contribution in [3.05, 3.63) is 73.9 Å². The van der Waals surface area contributed by atoms with Crippen molar-refractivity contribution >= 4 is 33.4 Å². The van der Waals surface area contributed by atoms with Crippen molar-refractivity contribution in [2.45, 2.75) is 26.2 Å². The number of thiazole rings is 1. The molecule has 0 spiro atoms. The molecule has 0 fully saturated rings. The summed E-state index contributed by atoms with van der Waals surface area (Å²) in [5.41, 5.74) is 2.54. The van der Waals surface area contributed by atoms with E-state index in [-0.39, 0.29) is 16.6 Å². The number of hydrogen-bond acceptors (Lipinski definition) is 6. The SMILES string of the molecule is CCCCc1ccc(-c2csc(NC(=O)c3cnc4c(c3)c(=O)n(C)c(=O)n4C)n2)cc1. The Morgan fingerprint density at radius 3 is 2.59 bits per heavy atom. The van der Waals surface area contributed by atoms with E-state index >= 15 is 0 Å². The number of hydrogen-bond donors (Lipinski definition) is 1. The Morgan fingerprint density at radius 2 is 1.88 bits per heavy atom. The van der Waals surface area contributed by atoms with Crippen molar-refractivity contribution in [2.24, 2.45) is 14.1 Å². The van der Waals surface area contributed by atoms with E-state index in [4.69, 9.17) is 0 Å². The van der Waals surface area contributed by atoms with Crippen LogP contribution in [0.3, 0.4) is 0 Å². The molecule has 9 heteroatoms. The number of carbonyl (C=O) groups excluding carboxylic acids is 1. The van der Waals surface area contributed by atoms with Gasteiger partial charge in [-0.25, -0.2) is 14.8 Å². The van der Waals surface area contributed by atoms with Crippen molar-refractivity contribution in [1.29, 1.82) is 0 Å². The topological polar surface area (TPSA) is 98.9 Å². The minimum absolute atomic E-state index is 0.199. The van der Waals surface area contributed by atoms with Crippen LogP contribution < -0.4 is 16.6 Å². The van der Waals surface area contributed by atoms with E-state index in [1.54, 1.807) is 0 Å². The summed E-state index contributed by atoms with van der Waals surface area (Å²) < 4.78 is 2.27. The second-order valence-electron chi connectivity index (χ2n) is 7.59. The number of unbranched alkanes of at least 4 members (excludes halogenated alkanes) is 1. The number of anilines is 1. The lowest BCUT2D eigenvalue weighted by molar-refractivity contribution is 0.102. The largest absolute Gasteiger partial charge is 0.332 e. The number of rotatable bonds is 6. The Bertz CT molecular complexity index is 1420. The highest BCUT2D eigenvalue weighted by atomic mass is 32.1. The molecule has 0 saturated carbocycles. The molecule has 8 nitrogen and oxygen atoms in total. The number of aryl methyl sites for hydroxylation is 2. The molecule has 4 aromatic rings. The first kappa shape index (κ1) is 21.6. The van der Waals surface area contributed by atoms with Gasteiger partial charge in [-0.2, -0.15) is 0 Å². The van der Waals surface area contributed by atoms with Gasteiger partial charge in [0.25, 0.3) is 11.5 Å². The van der Waals surface area contributed by atoms with Gasteiger partial charge >= 0.3 is 5.69 Å². The molecule has 0 aliphatic heterocycles. The molecule has 3 aromatic heterocycles. The Morgan fingerprint density at radius 1 is 1.12 bits per heavy atom. The van der Waals surface area contributed by atoms with E-state index in [0.29, 0.717) is 5.13 Å². The zero-order valence-electron chi connectivity index (χ0n) is 18.1. The summed E-state index contributed by atoms with van der Waals surface area (Å²) >= 11 is 1.32. The third-order valence-electron chi connectivity index (χ3n) is 5.35. The minimum atomic E-state index is -0.496. The summed E-state index contributed by atoms with van der Waals surface area (Å²) in [7, 11) is 2.93. The lowest BCUT2D eigenvalue weighted by atomic mass is 10.1. The number of benzene rings is 1. The lowest BCUT2D eigenvalue weighted by Gasteiger charge is -2.08. The fourth-order valence-electron chi connectivity index (χ4n) is 3.45. The van der Waals surface area contributed by atoms with Gasteiger partial charge in [-0.3, -0.25) is 24.0 Å². The van der Waals surface area contributed by atoms with Gasteiger partial charge in [0, 0.05) is 31.2 Å². The van der Waals surface area contributed by atoms with Gasteiger partial charge < -0.3 is 0 Å². The number of nitrogens with one attached hydrogen (secondary N) is 1. The maximum Gasteiger partial charge on any atom is 0.332 e. The first-order valence-electron chi connectivity index (χ1n) is 10.3. The maximum atomic E-state index is 12.7. The van der Waals surface area contributed by atoms with Crippen LogP contribution in [0.2, 0.25) is 0 Å². The van der Waals surface area contributed by atoms with E-state index in [1.165, 1.54) is 47.8 Å². The quantitative estimate of drug-likeness (QED) is 0.487. The average Bonchev–Trinajstić information content (AvgIpc) is 3.28. The van der Waals surface area contributed by atoms with E-state index in [9.17, 15) is 14.4 Å². The first-order chi connectivity index (χ1) is 15.4. The Labute approximate surface area is 188 Å². The van der Waals surface area contributed by atoms with Crippen molar-refractivity contribution in [3.8, 4) is 11.3 Å². The van der Waals surface area contributed by atoms with E-state index in [2.05, 4.69) is 34.3 Å². The molecule has 0 unspecified atom stereocenters. The molecule has 4 rings (SSSR count). The molecule has 32 heavy (non-hydrogen) atoms.